The van der Waals surface area contributed by atoms with Crippen molar-refractivity contribution in [1.29, 1.82) is 0 Å². The number of Topliss-reactive ketones (excluding diaryl/α,β-unsaturated/α-hetero) is 1. The zero-order chi connectivity index (χ0) is 12.3. The zero-order valence-electron chi connectivity index (χ0n) is 9.74. The number of ether oxygens (including phenoxy) is 1. The summed E-state index contributed by atoms with van der Waals surface area (Å²) in [6, 6.07) is 5.79. The van der Waals surface area contributed by atoms with Gasteiger partial charge in [0.15, 0.2) is 5.78 Å². The first kappa shape index (κ1) is 12.9. The molecule has 0 saturated carbocycles. The summed E-state index contributed by atoms with van der Waals surface area (Å²) in [7, 11) is 0. The Morgan fingerprint density at radius 3 is 3.06 bits per heavy atom. The molecule has 0 aliphatic carbocycles. The molecule has 1 aliphatic heterocycles. The monoisotopic (exact) mass is 270 g/mol. The molecule has 0 bridgehead atoms. The quantitative estimate of drug-likeness (QED) is 0.845. The molecule has 1 heterocycles. The van der Waals surface area contributed by atoms with Gasteiger partial charge in [0.2, 0.25) is 0 Å². The van der Waals surface area contributed by atoms with Crippen LogP contribution in [0.15, 0.2) is 18.2 Å². The van der Waals surface area contributed by atoms with Crippen molar-refractivity contribution in [3.8, 4) is 0 Å². The third-order valence-electron chi connectivity index (χ3n) is 2.75. The number of benzene rings is 1. The highest BCUT2D eigenvalue weighted by Crippen LogP contribution is 2.20. The highest BCUT2D eigenvalue weighted by atomic mass is 35.5. The molecule has 2 nitrogen and oxygen atoms in total. The van der Waals surface area contributed by atoms with Gasteiger partial charge in [0.1, 0.15) is 6.10 Å². The Balaban J connectivity index is 2.02. The summed E-state index contributed by atoms with van der Waals surface area (Å²) in [5.74, 6) is 1.88. The average molecular weight is 271 g/mol. The molecule has 1 aliphatic rings. The van der Waals surface area contributed by atoms with E-state index in [0.29, 0.717) is 18.1 Å². The van der Waals surface area contributed by atoms with Gasteiger partial charge in [0, 0.05) is 22.9 Å². The van der Waals surface area contributed by atoms with E-state index >= 15 is 0 Å². The molecule has 0 amide bonds. The molecular formula is C13H15ClO2S. The van der Waals surface area contributed by atoms with E-state index < -0.39 is 0 Å². The Bertz CT molecular complexity index is 414. The van der Waals surface area contributed by atoms with Crippen LogP contribution in [0.25, 0.3) is 0 Å². The second-order valence-electron chi connectivity index (χ2n) is 4.17. The second-order valence-corrected chi connectivity index (χ2v) is 5.73. The minimum atomic E-state index is -0.258. The Morgan fingerprint density at radius 1 is 1.59 bits per heavy atom. The second kappa shape index (κ2) is 5.89. The summed E-state index contributed by atoms with van der Waals surface area (Å²) in [5.41, 5.74) is 2.00. The molecule has 92 valence electrons. The van der Waals surface area contributed by atoms with E-state index in [-0.39, 0.29) is 11.9 Å². The van der Waals surface area contributed by atoms with Gasteiger partial charge in [-0.25, -0.2) is 0 Å². The molecule has 0 N–H and O–H groups in total. The van der Waals surface area contributed by atoms with E-state index in [9.17, 15) is 4.79 Å². The molecule has 4 heteroatoms. The third kappa shape index (κ3) is 3.47. The van der Waals surface area contributed by atoms with E-state index in [1.54, 1.807) is 11.8 Å². The highest BCUT2D eigenvalue weighted by Gasteiger charge is 2.22. The molecule has 17 heavy (non-hydrogen) atoms. The molecule has 0 radical (unpaired) electrons. The summed E-state index contributed by atoms with van der Waals surface area (Å²) in [6.45, 7) is 2.65. The summed E-state index contributed by atoms with van der Waals surface area (Å²) in [6.07, 6.45) is 0.107. The van der Waals surface area contributed by atoms with Crippen LogP contribution in [0.1, 0.15) is 11.1 Å². The zero-order valence-corrected chi connectivity index (χ0v) is 11.3. The van der Waals surface area contributed by atoms with E-state index in [2.05, 4.69) is 0 Å². The predicted molar refractivity (Wildman–Crippen MR) is 72.0 cm³/mol. The van der Waals surface area contributed by atoms with E-state index in [0.717, 1.165) is 22.6 Å². The minimum Gasteiger partial charge on any atom is -0.369 e. The lowest BCUT2D eigenvalue weighted by Gasteiger charge is -2.21. The van der Waals surface area contributed by atoms with Gasteiger partial charge in [-0.1, -0.05) is 23.7 Å². The molecule has 0 spiro atoms. The first-order valence-corrected chi connectivity index (χ1v) is 7.17. The van der Waals surface area contributed by atoms with Crippen molar-refractivity contribution in [3.05, 3.63) is 34.3 Å². The predicted octanol–water partition coefficient (Wildman–Crippen LogP) is 2.89. The van der Waals surface area contributed by atoms with Crippen LogP contribution in [-0.4, -0.2) is 30.0 Å². The van der Waals surface area contributed by atoms with Crippen LogP contribution in [-0.2, 0) is 16.0 Å². The van der Waals surface area contributed by atoms with Crippen molar-refractivity contribution < 1.29 is 9.53 Å². The molecule has 1 atom stereocenters. The summed E-state index contributed by atoms with van der Waals surface area (Å²) in [4.78, 5) is 12.0. The topological polar surface area (TPSA) is 26.3 Å². The number of rotatable bonds is 3. The number of hydrogen-bond acceptors (Lipinski definition) is 3. The summed E-state index contributed by atoms with van der Waals surface area (Å²) in [5, 5.41) is 0.668. The first-order chi connectivity index (χ1) is 8.16. The number of thioether (sulfide) groups is 1. The minimum absolute atomic E-state index is 0.128. The number of ketones is 1. The van der Waals surface area contributed by atoms with Gasteiger partial charge in [-0.3, -0.25) is 4.79 Å². The molecule has 0 aromatic heterocycles. The first-order valence-electron chi connectivity index (χ1n) is 5.64. The van der Waals surface area contributed by atoms with Crippen LogP contribution in [0.4, 0.5) is 0 Å². The Kier molecular flexibility index (Phi) is 4.48. The van der Waals surface area contributed by atoms with Gasteiger partial charge in [0.05, 0.1) is 6.61 Å². The Hall–Kier alpha value is -0.510. The van der Waals surface area contributed by atoms with E-state index in [4.69, 9.17) is 16.3 Å². The largest absolute Gasteiger partial charge is 0.369 e. The van der Waals surface area contributed by atoms with Crippen LogP contribution in [0.2, 0.25) is 5.02 Å². The number of hydrogen-bond donors (Lipinski definition) is 0. The van der Waals surface area contributed by atoms with E-state index in [1.807, 2.05) is 25.1 Å². The van der Waals surface area contributed by atoms with Crippen molar-refractivity contribution in [3.63, 3.8) is 0 Å². The third-order valence-corrected chi connectivity index (χ3v) is 4.09. The summed E-state index contributed by atoms with van der Waals surface area (Å²) < 4.78 is 5.46. The maximum Gasteiger partial charge on any atom is 0.166 e. The maximum absolute atomic E-state index is 12.0. The van der Waals surface area contributed by atoms with Gasteiger partial charge in [0.25, 0.3) is 0 Å². The van der Waals surface area contributed by atoms with Gasteiger partial charge in [-0.05, 0) is 24.1 Å². The lowest BCUT2D eigenvalue weighted by molar-refractivity contribution is -0.128. The van der Waals surface area contributed by atoms with Crippen molar-refractivity contribution in [1.82, 2.24) is 0 Å². The number of carbonyl (C=O) groups is 1. The lowest BCUT2D eigenvalue weighted by Crippen LogP contribution is -2.32. The molecule has 1 aromatic carbocycles. The lowest BCUT2D eigenvalue weighted by atomic mass is 10.0. The van der Waals surface area contributed by atoms with Gasteiger partial charge in [-0.2, -0.15) is 11.8 Å². The number of halogens is 1. The Morgan fingerprint density at radius 2 is 2.41 bits per heavy atom. The van der Waals surface area contributed by atoms with Crippen molar-refractivity contribution >= 4 is 29.1 Å². The van der Waals surface area contributed by atoms with Crippen molar-refractivity contribution in [2.45, 2.75) is 19.4 Å². The maximum atomic E-state index is 12.0. The van der Waals surface area contributed by atoms with Crippen molar-refractivity contribution in [2.24, 2.45) is 0 Å². The van der Waals surface area contributed by atoms with Crippen LogP contribution in [0.3, 0.4) is 0 Å². The normalized spacial score (nSPS) is 20.2. The fourth-order valence-electron chi connectivity index (χ4n) is 1.77. The molecule has 2 rings (SSSR count). The molecule has 1 unspecified atom stereocenters. The molecule has 1 aromatic rings. The number of aryl methyl sites for hydroxylation is 1. The number of carbonyl (C=O) groups excluding carboxylic acids is 1. The van der Waals surface area contributed by atoms with Crippen LogP contribution in [0.5, 0.6) is 0 Å². The molecule has 1 fully saturated rings. The SMILES string of the molecule is Cc1ccc(CC(=O)C2CSCCO2)c(Cl)c1. The van der Waals surface area contributed by atoms with Gasteiger partial charge in [-0.15, -0.1) is 0 Å². The smallest absolute Gasteiger partial charge is 0.166 e. The summed E-state index contributed by atoms with van der Waals surface area (Å²) >= 11 is 7.88. The van der Waals surface area contributed by atoms with Gasteiger partial charge >= 0.3 is 0 Å². The highest BCUT2D eigenvalue weighted by molar-refractivity contribution is 7.99. The van der Waals surface area contributed by atoms with Crippen LogP contribution in [0, 0.1) is 6.92 Å². The van der Waals surface area contributed by atoms with Crippen molar-refractivity contribution in [2.75, 3.05) is 18.1 Å². The molecular weight excluding hydrogens is 256 g/mol. The average Bonchev–Trinajstić information content (AvgIpc) is 2.34. The van der Waals surface area contributed by atoms with Gasteiger partial charge < -0.3 is 4.74 Å². The Labute approximate surface area is 111 Å². The van der Waals surface area contributed by atoms with Crippen LogP contribution >= 0.6 is 23.4 Å². The van der Waals surface area contributed by atoms with Crippen LogP contribution < -0.4 is 0 Å². The molecule has 1 saturated heterocycles. The standard InChI is InChI=1S/C13H15ClO2S/c1-9-2-3-10(11(14)6-9)7-12(15)13-8-17-5-4-16-13/h2-3,6,13H,4-5,7-8H2,1H3. The van der Waals surface area contributed by atoms with E-state index in [1.165, 1.54) is 0 Å². The fraction of sp³-hybridized carbons (Fsp3) is 0.462. The fourth-order valence-corrected chi connectivity index (χ4v) is 2.95.